The predicted octanol–water partition coefficient (Wildman–Crippen LogP) is 5.66. The largest absolute Gasteiger partial charge is 0.545 e. The summed E-state index contributed by atoms with van der Waals surface area (Å²) in [6.45, 7) is 15.0. The van der Waals surface area contributed by atoms with Crippen molar-refractivity contribution in [1.82, 2.24) is 0 Å². The monoisotopic (exact) mass is 489 g/mol. The summed E-state index contributed by atoms with van der Waals surface area (Å²) in [4.78, 5) is 10.2. The van der Waals surface area contributed by atoms with E-state index in [1.54, 1.807) is 12.1 Å². The summed E-state index contributed by atoms with van der Waals surface area (Å²) in [6, 6.07) is 6.51. The Kier molecular flexibility index (Phi) is 16.0. The van der Waals surface area contributed by atoms with Crippen LogP contribution in [0.5, 0.6) is 0 Å². The molecule has 1 aromatic carbocycles. The Morgan fingerprint density at radius 3 is 1.37 bits per heavy atom. The molecule has 0 aromatic heterocycles. The molecule has 0 bridgehead atoms. The smallest absolute Gasteiger partial charge is 0.0786 e. The number of carboxylic acid groups (broad SMARTS) is 1. The van der Waals surface area contributed by atoms with Crippen molar-refractivity contribution in [2.24, 2.45) is 0 Å². The molecular formula is C23H40INO2. The molecule has 156 valence electrons. The molecule has 0 saturated carbocycles. The van der Waals surface area contributed by atoms with E-state index in [0.29, 0.717) is 0 Å². The summed E-state index contributed by atoms with van der Waals surface area (Å²) in [5.74, 6) is -1.13. The molecule has 4 heteroatoms. The topological polar surface area (TPSA) is 40.1 Å². The van der Waals surface area contributed by atoms with Gasteiger partial charge in [-0.1, -0.05) is 65.5 Å². The van der Waals surface area contributed by atoms with Crippen molar-refractivity contribution < 1.29 is 14.4 Å². The van der Waals surface area contributed by atoms with Crippen molar-refractivity contribution >= 4 is 28.6 Å². The number of carbonyl (C=O) groups is 1. The highest BCUT2D eigenvalue weighted by Gasteiger charge is 2.24. The van der Waals surface area contributed by atoms with Gasteiger partial charge in [-0.05, 0) is 66.0 Å². The van der Waals surface area contributed by atoms with Crippen molar-refractivity contribution in [2.45, 2.75) is 79.1 Å². The van der Waals surface area contributed by atoms with Crippen LogP contribution in [0, 0.1) is 3.57 Å². The first-order chi connectivity index (χ1) is 12.9. The molecule has 0 aliphatic carbocycles. The number of benzene rings is 1. The van der Waals surface area contributed by atoms with Gasteiger partial charge in [0.15, 0.2) is 0 Å². The molecule has 3 nitrogen and oxygen atoms in total. The van der Waals surface area contributed by atoms with Crippen LogP contribution < -0.4 is 5.11 Å². The number of aromatic carboxylic acids is 1. The molecule has 0 heterocycles. The molecule has 0 spiro atoms. The van der Waals surface area contributed by atoms with E-state index in [-0.39, 0.29) is 5.56 Å². The number of rotatable bonds is 13. The maximum atomic E-state index is 10.2. The van der Waals surface area contributed by atoms with Crippen molar-refractivity contribution in [2.75, 3.05) is 26.2 Å². The van der Waals surface area contributed by atoms with Crippen LogP contribution in [0.3, 0.4) is 0 Å². The van der Waals surface area contributed by atoms with Crippen molar-refractivity contribution in [3.8, 4) is 0 Å². The van der Waals surface area contributed by atoms with Crippen LogP contribution in [0.2, 0.25) is 0 Å². The van der Waals surface area contributed by atoms with Gasteiger partial charge in [-0.3, -0.25) is 0 Å². The molecular weight excluding hydrogens is 449 g/mol. The van der Waals surface area contributed by atoms with Crippen LogP contribution in [-0.2, 0) is 0 Å². The van der Waals surface area contributed by atoms with Gasteiger partial charge in [-0.25, -0.2) is 0 Å². The highest BCUT2D eigenvalue weighted by atomic mass is 127. The highest BCUT2D eigenvalue weighted by molar-refractivity contribution is 14.1. The molecule has 0 unspecified atom stereocenters. The first-order valence-corrected chi connectivity index (χ1v) is 11.8. The Morgan fingerprint density at radius 2 is 1.11 bits per heavy atom. The Hall–Kier alpha value is -0.620. The van der Waals surface area contributed by atoms with Gasteiger partial charge in [0.25, 0.3) is 0 Å². The minimum Gasteiger partial charge on any atom is -0.545 e. The van der Waals surface area contributed by atoms with E-state index in [2.05, 4.69) is 50.3 Å². The van der Waals surface area contributed by atoms with E-state index < -0.39 is 5.97 Å². The first kappa shape index (κ1) is 26.4. The van der Waals surface area contributed by atoms with Gasteiger partial charge in [-0.15, -0.1) is 0 Å². The zero-order valence-corrected chi connectivity index (χ0v) is 20.1. The Morgan fingerprint density at radius 1 is 0.778 bits per heavy atom. The van der Waals surface area contributed by atoms with Gasteiger partial charge in [0, 0.05) is 3.57 Å². The quantitative estimate of drug-likeness (QED) is 0.265. The summed E-state index contributed by atoms with van der Waals surface area (Å²) >= 11 is 2.11. The minimum absolute atomic E-state index is 0.223. The number of quaternary nitrogens is 1. The molecule has 0 amide bonds. The third kappa shape index (κ3) is 12.5. The molecule has 0 saturated heterocycles. The molecule has 0 fully saturated rings. The molecule has 0 aliphatic rings. The van der Waals surface area contributed by atoms with Crippen molar-refractivity contribution in [3.05, 3.63) is 33.4 Å². The van der Waals surface area contributed by atoms with Crippen LogP contribution >= 0.6 is 22.6 Å². The van der Waals surface area contributed by atoms with Gasteiger partial charge in [0.1, 0.15) is 0 Å². The average molecular weight is 489 g/mol. The third-order valence-electron chi connectivity index (χ3n) is 5.02. The number of halogens is 1. The maximum absolute atomic E-state index is 10.2. The van der Waals surface area contributed by atoms with E-state index in [1.807, 2.05) is 0 Å². The second-order valence-corrected chi connectivity index (χ2v) is 8.69. The van der Waals surface area contributed by atoms with Gasteiger partial charge in [0.2, 0.25) is 0 Å². The van der Waals surface area contributed by atoms with Gasteiger partial charge < -0.3 is 14.4 Å². The molecule has 0 radical (unpaired) electrons. The summed E-state index contributed by atoms with van der Waals surface area (Å²) in [7, 11) is 0. The SMILES string of the molecule is CCCC[N+](CCCC)(CCCC)CCCC.O=C([O-])c1ccc(I)cc1. The van der Waals surface area contributed by atoms with Crippen LogP contribution in [0.4, 0.5) is 0 Å². The van der Waals surface area contributed by atoms with Crippen molar-refractivity contribution in [3.63, 3.8) is 0 Å². The maximum Gasteiger partial charge on any atom is 0.0786 e. The third-order valence-corrected chi connectivity index (χ3v) is 5.74. The number of hydrogen-bond donors (Lipinski definition) is 0. The zero-order valence-electron chi connectivity index (χ0n) is 17.9. The molecule has 0 atom stereocenters. The van der Waals surface area contributed by atoms with Gasteiger partial charge in [0.05, 0.1) is 32.1 Å². The lowest BCUT2D eigenvalue weighted by Gasteiger charge is -2.39. The van der Waals surface area contributed by atoms with E-state index in [1.165, 1.54) is 94.2 Å². The molecule has 1 rings (SSSR count). The van der Waals surface area contributed by atoms with Crippen molar-refractivity contribution in [1.29, 1.82) is 0 Å². The normalized spacial score (nSPS) is 11.0. The number of carbonyl (C=O) groups excluding carboxylic acids is 1. The number of carboxylic acids is 1. The minimum atomic E-state index is -1.13. The fourth-order valence-electron chi connectivity index (χ4n) is 3.23. The lowest BCUT2D eigenvalue weighted by molar-refractivity contribution is -0.929. The Bertz CT molecular complexity index is 450. The number of nitrogens with zero attached hydrogens (tertiary/aromatic N) is 1. The fourth-order valence-corrected chi connectivity index (χ4v) is 3.59. The molecule has 27 heavy (non-hydrogen) atoms. The lowest BCUT2D eigenvalue weighted by atomic mass is 10.1. The average Bonchev–Trinajstić information content (AvgIpc) is 2.68. The summed E-state index contributed by atoms with van der Waals surface area (Å²) in [5, 5.41) is 10.2. The standard InChI is InChI=1S/C16H36N.C7H5IO2/c1-5-9-13-17(14-10-6-2,15-11-7-3)16-12-8-4;8-6-3-1-5(2-4-6)7(9)10/h5-16H2,1-4H3;1-4H,(H,9,10)/q+1;/p-1. The predicted molar refractivity (Wildman–Crippen MR) is 123 cm³/mol. The molecule has 1 aromatic rings. The highest BCUT2D eigenvalue weighted by Crippen LogP contribution is 2.16. The number of hydrogen-bond acceptors (Lipinski definition) is 2. The Labute approximate surface area is 181 Å². The van der Waals surface area contributed by atoms with Crippen LogP contribution in [0.15, 0.2) is 24.3 Å². The number of unbranched alkanes of at least 4 members (excludes halogenated alkanes) is 4. The van der Waals surface area contributed by atoms with Gasteiger partial charge in [-0.2, -0.15) is 0 Å². The lowest BCUT2D eigenvalue weighted by Crippen LogP contribution is -2.50. The van der Waals surface area contributed by atoms with E-state index >= 15 is 0 Å². The second kappa shape index (κ2) is 16.3. The fraction of sp³-hybridized carbons (Fsp3) is 0.696. The van der Waals surface area contributed by atoms with Crippen LogP contribution in [0.25, 0.3) is 0 Å². The van der Waals surface area contributed by atoms with E-state index in [9.17, 15) is 9.90 Å². The summed E-state index contributed by atoms with van der Waals surface area (Å²) in [5.41, 5.74) is 0.223. The molecule has 0 aliphatic heterocycles. The van der Waals surface area contributed by atoms with E-state index in [4.69, 9.17) is 0 Å². The summed E-state index contributed by atoms with van der Waals surface area (Å²) in [6.07, 6.45) is 11.1. The second-order valence-electron chi connectivity index (χ2n) is 7.44. The Balaban J connectivity index is 0.000000569. The zero-order chi connectivity index (χ0) is 20.5. The summed E-state index contributed by atoms with van der Waals surface area (Å²) < 4.78 is 2.44. The van der Waals surface area contributed by atoms with E-state index in [0.717, 1.165) is 3.57 Å². The molecule has 0 N–H and O–H groups in total. The first-order valence-electron chi connectivity index (χ1n) is 10.8. The van der Waals surface area contributed by atoms with Crippen LogP contribution in [0.1, 0.15) is 89.4 Å². The van der Waals surface area contributed by atoms with Crippen LogP contribution in [-0.4, -0.2) is 36.6 Å². The van der Waals surface area contributed by atoms with Gasteiger partial charge >= 0.3 is 0 Å².